The van der Waals surface area contributed by atoms with Gasteiger partial charge in [0.1, 0.15) is 7.11 Å². The first-order valence-corrected chi connectivity index (χ1v) is 13.7. The Morgan fingerprint density at radius 1 is 1.00 bits per heavy atom. The zero-order valence-corrected chi connectivity index (χ0v) is 21.4. The number of carboxylic acids is 1. The molecule has 1 aromatic heterocycles. The first-order valence-electron chi connectivity index (χ1n) is 13.7. The first kappa shape index (κ1) is 24.6. The van der Waals surface area contributed by atoms with Gasteiger partial charge in [0.2, 0.25) is 5.71 Å². The Kier molecular flexibility index (Phi) is 6.75. The smallest absolute Gasteiger partial charge is 0.360 e. The molecule has 5 atom stereocenters. The fourth-order valence-electron chi connectivity index (χ4n) is 7.78. The summed E-state index contributed by atoms with van der Waals surface area (Å²) in [6.07, 6.45) is 11.0. The van der Waals surface area contributed by atoms with E-state index >= 15 is 0 Å². The molecule has 2 saturated carbocycles. The Morgan fingerprint density at radius 3 is 2.32 bits per heavy atom. The molecule has 9 heteroatoms. The van der Waals surface area contributed by atoms with Gasteiger partial charge in [-0.05, 0) is 56.1 Å². The minimum Gasteiger partial charge on any atom is -0.476 e. The summed E-state index contributed by atoms with van der Waals surface area (Å²) in [5, 5.41) is 13.4. The SMILES string of the molecule is CON=C(C(=O)O)c1nc2ccccc2n(C2C[C@H]3COC[C@@H](C2)N3C2CC3CCCCC(C3)C2)c1=O. The predicted molar refractivity (Wildman–Crippen MR) is 139 cm³/mol. The summed E-state index contributed by atoms with van der Waals surface area (Å²) < 4.78 is 7.82. The maximum atomic E-state index is 13.8. The molecule has 4 aliphatic rings. The third-order valence-electron chi connectivity index (χ3n) is 9.10. The molecule has 2 saturated heterocycles. The highest BCUT2D eigenvalue weighted by molar-refractivity contribution is 6.41. The molecule has 4 bridgehead atoms. The van der Waals surface area contributed by atoms with E-state index < -0.39 is 17.2 Å². The molecule has 6 rings (SSSR count). The van der Waals surface area contributed by atoms with Gasteiger partial charge in [0.25, 0.3) is 5.56 Å². The van der Waals surface area contributed by atoms with Crippen LogP contribution in [0.3, 0.4) is 0 Å². The molecular formula is C28H36N4O5. The van der Waals surface area contributed by atoms with E-state index in [1.807, 2.05) is 24.3 Å². The number of oxime groups is 1. The molecule has 3 unspecified atom stereocenters. The maximum Gasteiger partial charge on any atom is 0.360 e. The van der Waals surface area contributed by atoms with Crippen LogP contribution in [0, 0.1) is 11.8 Å². The lowest BCUT2D eigenvalue weighted by molar-refractivity contribution is -0.129. The number of carbonyl (C=O) groups is 1. The summed E-state index contributed by atoms with van der Waals surface area (Å²) in [4.78, 5) is 37.7. The molecule has 2 aromatic rings. The van der Waals surface area contributed by atoms with Gasteiger partial charge in [0.05, 0.1) is 24.2 Å². The zero-order valence-electron chi connectivity index (χ0n) is 21.4. The predicted octanol–water partition coefficient (Wildman–Crippen LogP) is 3.59. The van der Waals surface area contributed by atoms with E-state index in [1.54, 1.807) is 4.57 Å². The molecule has 2 aliphatic carbocycles. The number of para-hydroxylation sites is 2. The Labute approximate surface area is 216 Å². The second-order valence-corrected chi connectivity index (χ2v) is 11.3. The normalized spacial score (nSPS) is 32.6. The molecule has 1 N–H and O–H groups in total. The molecule has 1 aromatic carbocycles. The van der Waals surface area contributed by atoms with Gasteiger partial charge in [0, 0.05) is 24.2 Å². The van der Waals surface area contributed by atoms with Crippen LogP contribution in [0.1, 0.15) is 69.5 Å². The van der Waals surface area contributed by atoms with Gasteiger partial charge in [-0.3, -0.25) is 9.69 Å². The minimum atomic E-state index is -1.34. The Morgan fingerprint density at radius 2 is 1.68 bits per heavy atom. The van der Waals surface area contributed by atoms with Crippen molar-refractivity contribution in [1.82, 2.24) is 14.5 Å². The van der Waals surface area contributed by atoms with Crippen molar-refractivity contribution in [2.75, 3.05) is 20.3 Å². The van der Waals surface area contributed by atoms with Gasteiger partial charge >= 0.3 is 5.97 Å². The quantitative estimate of drug-likeness (QED) is 0.486. The molecule has 37 heavy (non-hydrogen) atoms. The monoisotopic (exact) mass is 508 g/mol. The van der Waals surface area contributed by atoms with Crippen molar-refractivity contribution in [2.45, 2.75) is 82.0 Å². The summed E-state index contributed by atoms with van der Waals surface area (Å²) in [5.74, 6) is 0.344. The molecular weight excluding hydrogens is 472 g/mol. The first-order chi connectivity index (χ1) is 18.0. The van der Waals surface area contributed by atoms with Crippen LogP contribution in [0.15, 0.2) is 34.2 Å². The number of nitrogens with zero attached hydrogens (tertiary/aromatic N) is 4. The van der Waals surface area contributed by atoms with Crippen molar-refractivity contribution in [3.63, 3.8) is 0 Å². The average Bonchev–Trinajstić information content (AvgIpc) is 3.05. The fourth-order valence-corrected chi connectivity index (χ4v) is 7.78. The van der Waals surface area contributed by atoms with E-state index in [4.69, 9.17) is 9.57 Å². The van der Waals surface area contributed by atoms with Crippen LogP contribution < -0.4 is 5.56 Å². The van der Waals surface area contributed by atoms with Crippen LogP contribution in [-0.2, 0) is 14.4 Å². The number of hydrogen-bond acceptors (Lipinski definition) is 7. The number of hydrogen-bond donors (Lipinski definition) is 1. The topological polar surface area (TPSA) is 106 Å². The number of piperidine rings is 1. The second-order valence-electron chi connectivity index (χ2n) is 11.3. The van der Waals surface area contributed by atoms with Gasteiger partial charge in [-0.2, -0.15) is 0 Å². The Hall–Kier alpha value is -2.78. The van der Waals surface area contributed by atoms with E-state index in [0.29, 0.717) is 24.8 Å². The van der Waals surface area contributed by atoms with Crippen LogP contribution in [0.25, 0.3) is 11.0 Å². The molecule has 4 fully saturated rings. The highest BCUT2D eigenvalue weighted by Gasteiger charge is 2.46. The summed E-state index contributed by atoms with van der Waals surface area (Å²) in [5.41, 5.74) is 0.200. The van der Waals surface area contributed by atoms with Crippen LogP contribution in [0.4, 0.5) is 0 Å². The summed E-state index contributed by atoms with van der Waals surface area (Å²) in [6.45, 7) is 1.35. The van der Waals surface area contributed by atoms with E-state index in [0.717, 1.165) is 30.2 Å². The number of benzene rings is 1. The Bertz CT molecular complexity index is 1230. The summed E-state index contributed by atoms with van der Waals surface area (Å²) in [6, 6.07) is 8.45. The van der Waals surface area contributed by atoms with Crippen LogP contribution in [0.2, 0.25) is 0 Å². The fraction of sp³-hybridized carbons (Fsp3) is 0.643. The third-order valence-corrected chi connectivity index (χ3v) is 9.10. The lowest BCUT2D eigenvalue weighted by atomic mass is 9.75. The average molecular weight is 509 g/mol. The number of morpholine rings is 1. The van der Waals surface area contributed by atoms with Gasteiger partial charge in [-0.15, -0.1) is 0 Å². The van der Waals surface area contributed by atoms with Gasteiger partial charge in [0.15, 0.2) is 5.69 Å². The highest BCUT2D eigenvalue weighted by Crippen LogP contribution is 2.44. The Balaban J connectivity index is 1.36. The van der Waals surface area contributed by atoms with Crippen molar-refractivity contribution in [1.29, 1.82) is 0 Å². The highest BCUT2D eigenvalue weighted by atomic mass is 16.6. The number of carboxylic acid groups (broad SMARTS) is 1. The molecule has 9 nitrogen and oxygen atoms in total. The summed E-state index contributed by atoms with van der Waals surface area (Å²) >= 11 is 0. The van der Waals surface area contributed by atoms with Crippen molar-refractivity contribution in [3.8, 4) is 0 Å². The maximum absolute atomic E-state index is 13.8. The molecule has 198 valence electrons. The lowest BCUT2D eigenvalue weighted by Crippen LogP contribution is -2.62. The van der Waals surface area contributed by atoms with Crippen LogP contribution >= 0.6 is 0 Å². The molecule has 0 radical (unpaired) electrons. The molecule has 0 amide bonds. The van der Waals surface area contributed by atoms with Gasteiger partial charge in [-0.1, -0.05) is 43.0 Å². The molecule has 2 aliphatic heterocycles. The second kappa shape index (κ2) is 10.2. The number of rotatable bonds is 5. The molecule has 3 heterocycles. The summed E-state index contributed by atoms with van der Waals surface area (Å²) in [7, 11) is 1.26. The van der Waals surface area contributed by atoms with Crippen LogP contribution in [0.5, 0.6) is 0 Å². The van der Waals surface area contributed by atoms with Gasteiger partial charge < -0.3 is 19.2 Å². The van der Waals surface area contributed by atoms with Crippen LogP contribution in [-0.4, -0.2) is 69.7 Å². The van der Waals surface area contributed by atoms with Crippen molar-refractivity contribution < 1.29 is 19.5 Å². The number of ether oxygens (including phenoxy) is 1. The van der Waals surface area contributed by atoms with E-state index in [-0.39, 0.29) is 23.8 Å². The lowest BCUT2D eigenvalue weighted by Gasteiger charge is -2.54. The van der Waals surface area contributed by atoms with Crippen molar-refractivity contribution in [3.05, 3.63) is 40.3 Å². The van der Waals surface area contributed by atoms with Crippen molar-refractivity contribution in [2.24, 2.45) is 17.0 Å². The third kappa shape index (κ3) is 4.56. The van der Waals surface area contributed by atoms with E-state index in [2.05, 4.69) is 15.0 Å². The number of fused-ring (bicyclic) bond motifs is 5. The minimum absolute atomic E-state index is 0.0715. The van der Waals surface area contributed by atoms with E-state index in [9.17, 15) is 14.7 Å². The largest absolute Gasteiger partial charge is 0.476 e. The number of aliphatic carboxylic acids is 1. The standard InChI is InChI=1S/C28H36N4O5/c1-36-30-26(28(34)35)25-27(33)32(24-9-5-4-8-23(24)29-25)20-13-21-15-37-16-22(14-20)31(21)19-11-17-6-2-3-7-18(10-17)12-19/h4-5,8-9,17-22H,2-3,6-7,10-16H2,1H3,(H,34,35)/t17?,18?,19?,20?,21-,22+. The zero-order chi connectivity index (χ0) is 25.5. The molecule has 0 spiro atoms. The van der Waals surface area contributed by atoms with E-state index in [1.165, 1.54) is 52.1 Å². The van der Waals surface area contributed by atoms with Crippen molar-refractivity contribution >= 4 is 22.7 Å². The number of aromatic nitrogens is 2. The van der Waals surface area contributed by atoms with Gasteiger partial charge in [-0.25, -0.2) is 9.78 Å².